The molecule has 2 aromatic carbocycles. The Morgan fingerprint density at radius 2 is 1.88 bits per heavy atom. The maximum Gasteiger partial charge on any atom is 0.175 e. The van der Waals surface area contributed by atoms with Crippen LogP contribution in [-0.4, -0.2) is 19.8 Å². The van der Waals surface area contributed by atoms with Gasteiger partial charge in [0.25, 0.3) is 0 Å². The molecule has 0 aromatic heterocycles. The summed E-state index contributed by atoms with van der Waals surface area (Å²) in [6.45, 7) is 2.03. The monoisotopic (exact) mass is 382 g/mol. The summed E-state index contributed by atoms with van der Waals surface area (Å²) in [5.74, 6) is 0. The Bertz CT molecular complexity index is 821. The van der Waals surface area contributed by atoms with Gasteiger partial charge in [0.15, 0.2) is 14.9 Å². The molecule has 0 spiro atoms. The topological polar surface area (TPSA) is 58.2 Å². The van der Waals surface area contributed by atoms with E-state index in [-0.39, 0.29) is 6.04 Å². The maximum absolute atomic E-state index is 11.5. The van der Waals surface area contributed by atoms with E-state index < -0.39 is 9.84 Å². The molecule has 24 heavy (non-hydrogen) atoms. The summed E-state index contributed by atoms with van der Waals surface area (Å²) in [5, 5.41) is 7.44. The maximum atomic E-state index is 11.5. The van der Waals surface area contributed by atoms with E-state index >= 15 is 0 Å². The number of hydrogen-bond acceptors (Lipinski definition) is 3. The first-order valence-corrected chi connectivity index (χ1v) is 10.1. The van der Waals surface area contributed by atoms with E-state index in [1.54, 1.807) is 36.4 Å². The lowest BCUT2D eigenvalue weighted by Crippen LogP contribution is -2.32. The zero-order valence-electron chi connectivity index (χ0n) is 13.4. The third kappa shape index (κ3) is 5.19. The molecule has 0 radical (unpaired) electrons. The molecule has 0 aliphatic rings. The quantitative estimate of drug-likeness (QED) is 0.759. The van der Waals surface area contributed by atoms with Crippen LogP contribution in [-0.2, 0) is 9.84 Å². The minimum Gasteiger partial charge on any atom is -0.356 e. The van der Waals surface area contributed by atoms with Crippen molar-refractivity contribution in [2.24, 2.45) is 0 Å². The van der Waals surface area contributed by atoms with E-state index in [0.717, 1.165) is 17.7 Å². The van der Waals surface area contributed by atoms with Gasteiger partial charge in [0.05, 0.1) is 10.9 Å². The summed E-state index contributed by atoms with van der Waals surface area (Å²) < 4.78 is 23.1. The van der Waals surface area contributed by atoms with Crippen molar-refractivity contribution in [3.63, 3.8) is 0 Å². The number of benzene rings is 2. The summed E-state index contributed by atoms with van der Waals surface area (Å²) in [5.41, 5.74) is 1.78. The van der Waals surface area contributed by atoms with Crippen LogP contribution in [0.1, 0.15) is 24.9 Å². The number of hydrogen-bond donors (Lipinski definition) is 2. The van der Waals surface area contributed by atoms with E-state index in [1.807, 2.05) is 19.1 Å². The van der Waals surface area contributed by atoms with Crippen molar-refractivity contribution in [2.45, 2.75) is 24.3 Å². The number of anilines is 1. The highest BCUT2D eigenvalue weighted by molar-refractivity contribution is 7.90. The highest BCUT2D eigenvalue weighted by atomic mass is 35.5. The van der Waals surface area contributed by atoms with Gasteiger partial charge in [0.1, 0.15) is 0 Å². The van der Waals surface area contributed by atoms with Crippen molar-refractivity contribution in [1.82, 2.24) is 5.32 Å². The summed E-state index contributed by atoms with van der Waals surface area (Å²) >= 11 is 11.3. The first kappa shape index (κ1) is 18.7. The molecular weight excluding hydrogens is 364 g/mol. The standard InChI is InChI=1S/C17H19ClN2O2S2/c1-3-16(12-7-9-15(10-8-12)24(2,21)22)20-17(23)19-14-6-4-5-13(18)11-14/h4-11,16H,3H2,1-2H3,(H2,19,20,23)/t16-/m0/s1. The van der Waals surface area contributed by atoms with Gasteiger partial charge in [-0.3, -0.25) is 0 Å². The number of sulfone groups is 1. The van der Waals surface area contributed by atoms with Crippen LogP contribution < -0.4 is 10.6 Å². The molecule has 7 heteroatoms. The van der Waals surface area contributed by atoms with Crippen LogP contribution in [0, 0.1) is 0 Å². The molecule has 4 nitrogen and oxygen atoms in total. The molecule has 2 N–H and O–H groups in total. The first-order valence-electron chi connectivity index (χ1n) is 7.42. The molecule has 0 fully saturated rings. The smallest absolute Gasteiger partial charge is 0.175 e. The van der Waals surface area contributed by atoms with Gasteiger partial charge in [-0.1, -0.05) is 36.7 Å². The molecule has 0 aliphatic heterocycles. The second-order valence-electron chi connectivity index (χ2n) is 5.41. The Morgan fingerprint density at radius 3 is 2.42 bits per heavy atom. The van der Waals surface area contributed by atoms with Crippen molar-refractivity contribution >= 4 is 44.5 Å². The van der Waals surface area contributed by atoms with Crippen LogP contribution in [0.5, 0.6) is 0 Å². The Kier molecular flexibility index (Phi) is 6.21. The number of thiocarbonyl (C=S) groups is 1. The fraction of sp³-hybridized carbons (Fsp3) is 0.235. The predicted molar refractivity (Wildman–Crippen MR) is 103 cm³/mol. The lowest BCUT2D eigenvalue weighted by atomic mass is 10.1. The summed E-state index contributed by atoms with van der Waals surface area (Å²) in [6.07, 6.45) is 2.00. The molecule has 0 saturated carbocycles. The van der Waals surface area contributed by atoms with Crippen molar-refractivity contribution < 1.29 is 8.42 Å². The SMILES string of the molecule is CC[C@H](NC(=S)Nc1cccc(Cl)c1)c1ccc(S(C)(=O)=O)cc1. The minimum atomic E-state index is -3.19. The average Bonchev–Trinajstić information content (AvgIpc) is 2.52. The Morgan fingerprint density at radius 1 is 1.21 bits per heavy atom. The van der Waals surface area contributed by atoms with Crippen LogP contribution in [0.15, 0.2) is 53.4 Å². The summed E-state index contributed by atoms with van der Waals surface area (Å²) in [4.78, 5) is 0.306. The summed E-state index contributed by atoms with van der Waals surface area (Å²) in [7, 11) is -3.19. The average molecular weight is 383 g/mol. The number of nitrogens with one attached hydrogen (secondary N) is 2. The van der Waals surface area contributed by atoms with E-state index in [4.69, 9.17) is 23.8 Å². The van der Waals surface area contributed by atoms with Crippen molar-refractivity contribution in [2.75, 3.05) is 11.6 Å². The molecule has 0 unspecified atom stereocenters. The van der Waals surface area contributed by atoms with E-state index in [9.17, 15) is 8.42 Å². The molecule has 0 amide bonds. The Labute approximate surface area is 153 Å². The third-order valence-corrected chi connectivity index (χ3v) is 5.09. The zero-order chi connectivity index (χ0) is 17.7. The van der Waals surface area contributed by atoms with Gasteiger partial charge in [-0.15, -0.1) is 0 Å². The summed E-state index contributed by atoms with van der Waals surface area (Å²) in [6, 6.07) is 14.1. The first-order chi connectivity index (χ1) is 11.3. The minimum absolute atomic E-state index is 0.0159. The van der Waals surface area contributed by atoms with Gasteiger partial charge in [0.2, 0.25) is 0 Å². The fourth-order valence-corrected chi connectivity index (χ4v) is 3.34. The van der Waals surface area contributed by atoms with Crippen LogP contribution in [0.25, 0.3) is 0 Å². The van der Waals surface area contributed by atoms with Crippen molar-refractivity contribution in [1.29, 1.82) is 0 Å². The van der Waals surface area contributed by atoms with Crippen LogP contribution in [0.4, 0.5) is 5.69 Å². The van der Waals surface area contributed by atoms with Gasteiger partial charge in [0, 0.05) is 17.0 Å². The molecule has 0 bridgehead atoms. The zero-order valence-corrected chi connectivity index (χ0v) is 15.8. The fourth-order valence-electron chi connectivity index (χ4n) is 2.26. The van der Waals surface area contributed by atoms with Gasteiger partial charge in [-0.25, -0.2) is 8.42 Å². The molecule has 0 heterocycles. The van der Waals surface area contributed by atoms with Crippen LogP contribution in [0.3, 0.4) is 0 Å². The Balaban J connectivity index is 2.07. The van der Waals surface area contributed by atoms with Crippen LogP contribution in [0.2, 0.25) is 5.02 Å². The van der Waals surface area contributed by atoms with E-state index in [1.165, 1.54) is 6.26 Å². The number of rotatable bonds is 5. The van der Waals surface area contributed by atoms with Gasteiger partial charge in [-0.2, -0.15) is 0 Å². The highest BCUT2D eigenvalue weighted by Crippen LogP contribution is 2.20. The number of halogens is 1. The largest absolute Gasteiger partial charge is 0.356 e. The molecule has 0 saturated heterocycles. The lowest BCUT2D eigenvalue weighted by Gasteiger charge is -2.20. The van der Waals surface area contributed by atoms with Crippen LogP contribution >= 0.6 is 23.8 Å². The molecule has 1 atom stereocenters. The highest BCUT2D eigenvalue weighted by Gasteiger charge is 2.13. The van der Waals surface area contributed by atoms with Gasteiger partial charge >= 0.3 is 0 Å². The molecule has 128 valence electrons. The third-order valence-electron chi connectivity index (χ3n) is 3.51. The van der Waals surface area contributed by atoms with Crippen molar-refractivity contribution in [3.05, 3.63) is 59.1 Å². The van der Waals surface area contributed by atoms with E-state index in [2.05, 4.69) is 10.6 Å². The molecule has 2 rings (SSSR count). The van der Waals surface area contributed by atoms with E-state index in [0.29, 0.717) is 15.0 Å². The second-order valence-corrected chi connectivity index (χ2v) is 8.27. The molecular formula is C17H19ClN2O2S2. The molecule has 2 aromatic rings. The lowest BCUT2D eigenvalue weighted by molar-refractivity contribution is 0.601. The van der Waals surface area contributed by atoms with Gasteiger partial charge in [-0.05, 0) is 54.5 Å². The molecule has 0 aliphatic carbocycles. The van der Waals surface area contributed by atoms with Crippen molar-refractivity contribution in [3.8, 4) is 0 Å². The second kappa shape index (κ2) is 7.96. The predicted octanol–water partition coefficient (Wildman–Crippen LogP) is 4.18. The van der Waals surface area contributed by atoms with Gasteiger partial charge < -0.3 is 10.6 Å². The Hall–Kier alpha value is -1.63. The normalized spacial score (nSPS) is 12.5.